The molecule has 2 saturated carbocycles. The van der Waals surface area contributed by atoms with Crippen molar-refractivity contribution in [2.45, 2.75) is 52.4 Å². The highest BCUT2D eigenvalue weighted by atomic mass is 16.1. The first-order valence-corrected chi connectivity index (χ1v) is 10.5. The van der Waals surface area contributed by atoms with Gasteiger partial charge in [0, 0.05) is 30.6 Å². The molecule has 0 bridgehead atoms. The van der Waals surface area contributed by atoms with Crippen LogP contribution in [0, 0.1) is 28.6 Å². The van der Waals surface area contributed by atoms with Crippen molar-refractivity contribution in [1.29, 1.82) is 0 Å². The first-order chi connectivity index (χ1) is 13.0. The van der Waals surface area contributed by atoms with Gasteiger partial charge in [0.1, 0.15) is 6.33 Å². The SMILES string of the molecule is C[C@]12CCNC(=O)C=C1CC[C@@H]1[C@@H]2CC[C@]2(C)C(c3cncnc3)=CC[C@@H]12. The number of nitrogens with zero attached hydrogens (tertiary/aromatic N) is 2. The van der Waals surface area contributed by atoms with Crippen LogP contribution in [0.3, 0.4) is 0 Å². The molecule has 5 rings (SSSR count). The summed E-state index contributed by atoms with van der Waals surface area (Å²) in [6.07, 6.45) is 17.0. The van der Waals surface area contributed by atoms with E-state index in [0.29, 0.717) is 11.8 Å². The largest absolute Gasteiger partial charge is 0.353 e. The van der Waals surface area contributed by atoms with Gasteiger partial charge in [-0.3, -0.25) is 4.79 Å². The van der Waals surface area contributed by atoms with Crippen molar-refractivity contribution in [2.24, 2.45) is 28.6 Å². The highest BCUT2D eigenvalue weighted by molar-refractivity contribution is 5.88. The van der Waals surface area contributed by atoms with Gasteiger partial charge in [-0.25, -0.2) is 9.97 Å². The Morgan fingerprint density at radius 3 is 2.70 bits per heavy atom. The predicted octanol–water partition coefficient (Wildman–Crippen LogP) is 4.16. The molecule has 1 N–H and O–H groups in total. The molecule has 0 saturated heterocycles. The minimum atomic E-state index is 0.113. The standard InChI is InChI=1S/C23H29N3O/c1-22-9-10-26-21(27)11-16(22)3-4-17-19-6-5-18(15-12-24-14-25-13-15)23(19,2)8-7-20(17)22/h5,11-14,17,19-20H,3-4,6-10H2,1-2H3,(H,26,27)/t17-,19-,20-,22-,23+/m0/s1. The summed E-state index contributed by atoms with van der Waals surface area (Å²) in [5.41, 5.74) is 4.50. The average Bonchev–Trinajstić information content (AvgIpc) is 2.93. The smallest absolute Gasteiger partial charge is 0.243 e. The van der Waals surface area contributed by atoms with Crippen LogP contribution < -0.4 is 5.32 Å². The summed E-state index contributed by atoms with van der Waals surface area (Å²) in [7, 11) is 0. The maximum Gasteiger partial charge on any atom is 0.243 e. The molecule has 3 aliphatic carbocycles. The van der Waals surface area contributed by atoms with Gasteiger partial charge in [0.05, 0.1) is 0 Å². The number of rotatable bonds is 1. The van der Waals surface area contributed by atoms with Crippen LogP contribution in [0.4, 0.5) is 0 Å². The number of hydrogen-bond acceptors (Lipinski definition) is 3. The molecule has 1 amide bonds. The number of carbonyl (C=O) groups is 1. The highest BCUT2D eigenvalue weighted by Crippen LogP contribution is 2.66. The summed E-state index contributed by atoms with van der Waals surface area (Å²) in [6.45, 7) is 5.73. The third kappa shape index (κ3) is 2.45. The van der Waals surface area contributed by atoms with Crippen molar-refractivity contribution in [2.75, 3.05) is 6.54 Å². The number of aromatic nitrogens is 2. The van der Waals surface area contributed by atoms with E-state index >= 15 is 0 Å². The number of hydrogen-bond donors (Lipinski definition) is 1. The summed E-state index contributed by atoms with van der Waals surface area (Å²) in [5.74, 6) is 2.26. The lowest BCUT2D eigenvalue weighted by molar-refractivity contribution is -0.116. The fourth-order valence-corrected chi connectivity index (χ4v) is 7.02. The molecule has 4 nitrogen and oxygen atoms in total. The molecule has 0 unspecified atom stereocenters. The van der Waals surface area contributed by atoms with Crippen molar-refractivity contribution in [1.82, 2.24) is 15.3 Å². The molecular formula is C23H29N3O. The second kappa shape index (κ2) is 6.02. The van der Waals surface area contributed by atoms with E-state index < -0.39 is 0 Å². The highest BCUT2D eigenvalue weighted by Gasteiger charge is 2.56. The van der Waals surface area contributed by atoms with Crippen molar-refractivity contribution >= 4 is 11.5 Å². The Labute approximate surface area is 161 Å². The number of carbonyl (C=O) groups excluding carboxylic acids is 1. The zero-order chi connectivity index (χ0) is 18.6. The topological polar surface area (TPSA) is 54.9 Å². The van der Waals surface area contributed by atoms with E-state index in [1.165, 1.54) is 42.4 Å². The minimum absolute atomic E-state index is 0.113. The van der Waals surface area contributed by atoms with Gasteiger partial charge in [0.15, 0.2) is 0 Å². The van der Waals surface area contributed by atoms with Gasteiger partial charge in [-0.05, 0) is 72.7 Å². The minimum Gasteiger partial charge on any atom is -0.353 e. The zero-order valence-corrected chi connectivity index (χ0v) is 16.4. The van der Waals surface area contributed by atoms with Crippen LogP contribution in [-0.2, 0) is 4.79 Å². The van der Waals surface area contributed by atoms with Gasteiger partial charge in [0.2, 0.25) is 5.91 Å². The summed E-state index contributed by atoms with van der Waals surface area (Å²) in [6, 6.07) is 0. The average molecular weight is 364 g/mol. The molecule has 0 aromatic carbocycles. The zero-order valence-electron chi connectivity index (χ0n) is 16.4. The molecule has 4 heteroatoms. The number of allylic oxidation sites excluding steroid dienone is 3. The predicted molar refractivity (Wildman–Crippen MR) is 105 cm³/mol. The summed E-state index contributed by atoms with van der Waals surface area (Å²) in [5, 5.41) is 3.06. The third-order valence-corrected chi connectivity index (χ3v) is 8.44. The quantitative estimate of drug-likeness (QED) is 0.815. The number of amides is 1. The lowest BCUT2D eigenvalue weighted by atomic mass is 9.47. The van der Waals surface area contributed by atoms with Gasteiger partial charge in [-0.1, -0.05) is 25.5 Å². The van der Waals surface area contributed by atoms with E-state index in [1.807, 2.05) is 18.5 Å². The second-order valence-electron chi connectivity index (χ2n) is 9.48. The van der Waals surface area contributed by atoms with Crippen LogP contribution in [0.2, 0.25) is 0 Å². The van der Waals surface area contributed by atoms with E-state index in [0.717, 1.165) is 25.3 Å². The van der Waals surface area contributed by atoms with Crippen LogP contribution >= 0.6 is 0 Å². The Morgan fingerprint density at radius 1 is 1.07 bits per heavy atom. The molecule has 1 aliphatic heterocycles. The van der Waals surface area contributed by atoms with Crippen molar-refractivity contribution in [3.8, 4) is 0 Å². The Kier molecular flexibility index (Phi) is 3.82. The fraction of sp³-hybridized carbons (Fsp3) is 0.609. The normalized spacial score (nSPS) is 40.7. The molecule has 1 aromatic heterocycles. The second-order valence-corrected chi connectivity index (χ2v) is 9.48. The maximum absolute atomic E-state index is 12.1. The van der Waals surface area contributed by atoms with Crippen LogP contribution in [0.1, 0.15) is 57.9 Å². The van der Waals surface area contributed by atoms with Gasteiger partial charge < -0.3 is 5.32 Å². The summed E-state index contributed by atoms with van der Waals surface area (Å²) >= 11 is 0. The van der Waals surface area contributed by atoms with Crippen LogP contribution in [-0.4, -0.2) is 22.4 Å². The first kappa shape index (κ1) is 17.2. The Bertz CT molecular complexity index is 829. The number of fused-ring (bicyclic) bond motifs is 5. The van der Waals surface area contributed by atoms with E-state index in [1.54, 1.807) is 6.33 Å². The molecule has 5 atom stereocenters. The molecule has 1 aromatic rings. The molecular weight excluding hydrogens is 334 g/mol. The molecule has 4 aliphatic rings. The lowest BCUT2D eigenvalue weighted by Gasteiger charge is -2.57. The Balaban J connectivity index is 1.48. The van der Waals surface area contributed by atoms with Crippen LogP contribution in [0.25, 0.3) is 5.57 Å². The van der Waals surface area contributed by atoms with Crippen molar-refractivity contribution in [3.63, 3.8) is 0 Å². The van der Waals surface area contributed by atoms with Gasteiger partial charge in [-0.15, -0.1) is 0 Å². The number of nitrogens with one attached hydrogen (secondary N) is 1. The van der Waals surface area contributed by atoms with Crippen molar-refractivity contribution < 1.29 is 4.79 Å². The van der Waals surface area contributed by atoms with Gasteiger partial charge in [0.25, 0.3) is 0 Å². The first-order valence-electron chi connectivity index (χ1n) is 10.5. The monoisotopic (exact) mass is 363 g/mol. The van der Waals surface area contributed by atoms with E-state index in [-0.39, 0.29) is 16.7 Å². The fourth-order valence-electron chi connectivity index (χ4n) is 7.02. The summed E-state index contributed by atoms with van der Waals surface area (Å²) < 4.78 is 0. The van der Waals surface area contributed by atoms with Gasteiger partial charge in [-0.2, -0.15) is 0 Å². The molecule has 27 heavy (non-hydrogen) atoms. The van der Waals surface area contributed by atoms with E-state index in [9.17, 15) is 4.79 Å². The van der Waals surface area contributed by atoms with E-state index in [2.05, 4.69) is 35.2 Å². The molecule has 2 heterocycles. The molecule has 0 radical (unpaired) electrons. The Hall–Kier alpha value is -1.97. The van der Waals surface area contributed by atoms with Gasteiger partial charge >= 0.3 is 0 Å². The van der Waals surface area contributed by atoms with E-state index in [4.69, 9.17) is 0 Å². The van der Waals surface area contributed by atoms with Crippen LogP contribution in [0.5, 0.6) is 0 Å². The third-order valence-electron chi connectivity index (χ3n) is 8.44. The van der Waals surface area contributed by atoms with Crippen molar-refractivity contribution in [3.05, 3.63) is 42.0 Å². The summed E-state index contributed by atoms with van der Waals surface area (Å²) in [4.78, 5) is 20.6. The lowest BCUT2D eigenvalue weighted by Crippen LogP contribution is -2.49. The van der Waals surface area contributed by atoms with Crippen LogP contribution in [0.15, 0.2) is 36.4 Å². The molecule has 142 valence electrons. The molecule has 2 fully saturated rings. The maximum atomic E-state index is 12.1. The Morgan fingerprint density at radius 2 is 1.89 bits per heavy atom. The molecule has 0 spiro atoms.